The highest BCUT2D eigenvalue weighted by Crippen LogP contribution is 2.56. The quantitative estimate of drug-likeness (QED) is 0.149. The number of aromatic nitrogens is 1. The number of benzene rings is 10. The Morgan fingerprint density at radius 3 is 1.46 bits per heavy atom. The molecule has 2 nitrogen and oxygen atoms in total. The molecular formula is C61H42N2. The summed E-state index contributed by atoms with van der Waals surface area (Å²) in [5.41, 5.74) is 18.8. The minimum Gasteiger partial charge on any atom is -0.310 e. The fraction of sp³-hybridized carbons (Fsp3) is 0.0164. The van der Waals surface area contributed by atoms with Gasteiger partial charge in [0.05, 0.1) is 16.4 Å². The van der Waals surface area contributed by atoms with Crippen molar-refractivity contribution in [1.82, 2.24) is 4.57 Å². The Bertz CT molecular complexity index is 3380. The third-order valence-electron chi connectivity index (χ3n) is 13.1. The van der Waals surface area contributed by atoms with Crippen molar-refractivity contribution in [2.24, 2.45) is 0 Å². The summed E-state index contributed by atoms with van der Waals surface area (Å²) >= 11 is 0. The Morgan fingerprint density at radius 1 is 0.302 bits per heavy atom. The molecule has 0 atom stereocenters. The molecule has 0 fully saturated rings. The minimum atomic E-state index is -0.501. The molecule has 296 valence electrons. The van der Waals surface area contributed by atoms with Crippen molar-refractivity contribution in [2.45, 2.75) is 5.41 Å². The second kappa shape index (κ2) is 15.1. The maximum absolute atomic E-state index is 2.42. The molecular weight excluding hydrogens is 761 g/mol. The Balaban J connectivity index is 1.00. The molecule has 1 aromatic heterocycles. The van der Waals surface area contributed by atoms with Crippen LogP contribution in [-0.4, -0.2) is 4.57 Å². The van der Waals surface area contributed by atoms with Gasteiger partial charge in [0.15, 0.2) is 0 Å². The molecule has 0 spiro atoms. The molecule has 0 saturated heterocycles. The van der Waals surface area contributed by atoms with Gasteiger partial charge >= 0.3 is 0 Å². The number of anilines is 3. The van der Waals surface area contributed by atoms with Crippen LogP contribution >= 0.6 is 0 Å². The first-order valence-corrected chi connectivity index (χ1v) is 21.8. The van der Waals surface area contributed by atoms with Gasteiger partial charge in [0.25, 0.3) is 0 Å². The van der Waals surface area contributed by atoms with Crippen LogP contribution in [0.25, 0.3) is 60.9 Å². The topological polar surface area (TPSA) is 8.17 Å². The minimum absolute atomic E-state index is 0.501. The van der Waals surface area contributed by atoms with Gasteiger partial charge in [-0.15, -0.1) is 0 Å². The summed E-state index contributed by atoms with van der Waals surface area (Å²) in [6.07, 6.45) is 0. The van der Waals surface area contributed by atoms with E-state index >= 15 is 0 Å². The van der Waals surface area contributed by atoms with E-state index < -0.39 is 5.41 Å². The Morgan fingerprint density at radius 2 is 0.794 bits per heavy atom. The van der Waals surface area contributed by atoms with Gasteiger partial charge in [0.1, 0.15) is 0 Å². The van der Waals surface area contributed by atoms with E-state index in [-0.39, 0.29) is 0 Å². The van der Waals surface area contributed by atoms with Gasteiger partial charge in [-0.2, -0.15) is 0 Å². The normalized spacial score (nSPS) is 12.6. The first-order chi connectivity index (χ1) is 31.3. The SMILES string of the molecule is c1ccc(-c2ccc(N(c3ccc(-c4ccc5c(c4)c4ccccc4n5-c4ccccc4)cc3)c3cccc(C4(c5ccccc5)c5ccccc5-c5ccccc54)c3)cc2)cc1. The molecule has 1 aliphatic carbocycles. The molecule has 0 radical (unpaired) electrons. The first-order valence-electron chi connectivity index (χ1n) is 21.8. The van der Waals surface area contributed by atoms with Gasteiger partial charge in [-0.05, 0) is 122 Å². The number of rotatable bonds is 8. The largest absolute Gasteiger partial charge is 0.310 e. The van der Waals surface area contributed by atoms with Crippen molar-refractivity contribution in [3.8, 4) is 39.1 Å². The Kier molecular flexibility index (Phi) is 8.76. The summed E-state index contributed by atoms with van der Waals surface area (Å²) in [6.45, 7) is 0. The standard InChI is InChI=1S/C61H42N2/c1-4-17-43(18-5-1)44-31-36-50(37-32-44)62(51-38-33-45(34-39-51)46-35-40-60-56(41-46)55-27-12-15-30-59(55)63(60)49-22-8-3-9-23-49)52-24-16-21-48(42-52)61(47-19-6-2-7-20-47)57-28-13-10-25-53(57)54-26-11-14-29-58(54)61/h1-42H. The van der Waals surface area contributed by atoms with Crippen LogP contribution in [0.1, 0.15) is 22.3 Å². The number of hydrogen-bond acceptors (Lipinski definition) is 1. The van der Waals surface area contributed by atoms with Crippen molar-refractivity contribution in [3.05, 3.63) is 277 Å². The predicted octanol–water partition coefficient (Wildman–Crippen LogP) is 16.0. The van der Waals surface area contributed by atoms with Crippen LogP contribution in [0.3, 0.4) is 0 Å². The van der Waals surface area contributed by atoms with Crippen molar-refractivity contribution in [2.75, 3.05) is 4.90 Å². The molecule has 1 heterocycles. The van der Waals surface area contributed by atoms with Crippen LogP contribution in [-0.2, 0) is 5.41 Å². The molecule has 12 rings (SSSR count). The lowest BCUT2D eigenvalue weighted by molar-refractivity contribution is 0.768. The Labute approximate surface area is 368 Å². The molecule has 2 heteroatoms. The fourth-order valence-corrected chi connectivity index (χ4v) is 10.3. The highest BCUT2D eigenvalue weighted by atomic mass is 15.1. The third kappa shape index (κ3) is 5.95. The lowest BCUT2D eigenvalue weighted by Crippen LogP contribution is -2.28. The van der Waals surface area contributed by atoms with Crippen LogP contribution in [0.5, 0.6) is 0 Å². The first kappa shape index (κ1) is 36.6. The molecule has 0 saturated carbocycles. The van der Waals surface area contributed by atoms with E-state index in [9.17, 15) is 0 Å². The van der Waals surface area contributed by atoms with Gasteiger partial charge in [-0.25, -0.2) is 0 Å². The second-order valence-electron chi connectivity index (χ2n) is 16.5. The number of fused-ring (bicyclic) bond motifs is 6. The predicted molar refractivity (Wildman–Crippen MR) is 264 cm³/mol. The molecule has 0 unspecified atom stereocenters. The number of para-hydroxylation sites is 2. The number of nitrogens with zero attached hydrogens (tertiary/aromatic N) is 2. The van der Waals surface area contributed by atoms with Crippen molar-refractivity contribution < 1.29 is 0 Å². The molecule has 11 aromatic rings. The fourth-order valence-electron chi connectivity index (χ4n) is 10.3. The molecule has 1 aliphatic rings. The molecule has 10 aromatic carbocycles. The average molecular weight is 803 g/mol. The van der Waals surface area contributed by atoms with E-state index in [4.69, 9.17) is 0 Å². The van der Waals surface area contributed by atoms with Crippen LogP contribution in [0.4, 0.5) is 17.1 Å². The summed E-state index contributed by atoms with van der Waals surface area (Å²) < 4.78 is 2.37. The van der Waals surface area contributed by atoms with Crippen LogP contribution in [0, 0.1) is 0 Å². The monoisotopic (exact) mass is 802 g/mol. The van der Waals surface area contributed by atoms with E-state index in [0.717, 1.165) is 22.7 Å². The van der Waals surface area contributed by atoms with E-state index in [1.54, 1.807) is 0 Å². The van der Waals surface area contributed by atoms with E-state index in [0.29, 0.717) is 0 Å². The smallest absolute Gasteiger partial charge is 0.0714 e. The summed E-state index contributed by atoms with van der Waals surface area (Å²) in [6, 6.07) is 93.2. The van der Waals surface area contributed by atoms with Crippen molar-refractivity contribution in [1.29, 1.82) is 0 Å². The molecule has 0 amide bonds. The lowest BCUT2D eigenvalue weighted by Gasteiger charge is -2.35. The zero-order valence-corrected chi connectivity index (χ0v) is 34.6. The highest BCUT2D eigenvalue weighted by Gasteiger charge is 2.46. The third-order valence-corrected chi connectivity index (χ3v) is 13.1. The van der Waals surface area contributed by atoms with Gasteiger partial charge < -0.3 is 9.47 Å². The molecule has 0 N–H and O–H groups in total. The van der Waals surface area contributed by atoms with Gasteiger partial charge in [-0.3, -0.25) is 0 Å². The number of hydrogen-bond donors (Lipinski definition) is 0. The molecule has 63 heavy (non-hydrogen) atoms. The van der Waals surface area contributed by atoms with Crippen LogP contribution in [0.15, 0.2) is 255 Å². The van der Waals surface area contributed by atoms with E-state index in [1.165, 1.54) is 77.4 Å². The van der Waals surface area contributed by atoms with E-state index in [2.05, 4.69) is 264 Å². The zero-order chi connectivity index (χ0) is 41.7. The van der Waals surface area contributed by atoms with Gasteiger partial charge in [0, 0.05) is 33.5 Å². The van der Waals surface area contributed by atoms with Crippen molar-refractivity contribution in [3.63, 3.8) is 0 Å². The van der Waals surface area contributed by atoms with Crippen LogP contribution < -0.4 is 4.90 Å². The maximum atomic E-state index is 2.42. The maximum Gasteiger partial charge on any atom is 0.0714 e. The van der Waals surface area contributed by atoms with Crippen LogP contribution in [0.2, 0.25) is 0 Å². The summed E-state index contributed by atoms with van der Waals surface area (Å²) in [7, 11) is 0. The highest BCUT2D eigenvalue weighted by molar-refractivity contribution is 6.10. The lowest BCUT2D eigenvalue weighted by atomic mass is 9.67. The summed E-state index contributed by atoms with van der Waals surface area (Å²) in [5, 5.41) is 2.50. The van der Waals surface area contributed by atoms with E-state index in [1.807, 2.05) is 0 Å². The van der Waals surface area contributed by atoms with Gasteiger partial charge in [0.2, 0.25) is 0 Å². The average Bonchev–Trinajstić information content (AvgIpc) is 3.86. The zero-order valence-electron chi connectivity index (χ0n) is 34.6. The molecule has 0 bridgehead atoms. The summed E-state index contributed by atoms with van der Waals surface area (Å²) in [5.74, 6) is 0. The molecule has 0 aliphatic heterocycles. The second-order valence-corrected chi connectivity index (χ2v) is 16.5. The van der Waals surface area contributed by atoms with Gasteiger partial charge in [-0.1, -0.05) is 188 Å². The summed E-state index contributed by atoms with van der Waals surface area (Å²) in [4.78, 5) is 2.41. The van der Waals surface area contributed by atoms with Crippen molar-refractivity contribution >= 4 is 38.9 Å². The Hall–Kier alpha value is -8.20.